The standard InChI is InChI=1S/C13H9F2NO3/c14-6-1-2-7-10(3-6)16(11-4-9(11)15)5-8(12(7)17)13(18)19/h1-3,5,9,11H,4H2,(H,18,19)/t9-,11-/m1/s1. The van der Waals surface area contributed by atoms with Gasteiger partial charge in [-0.15, -0.1) is 0 Å². The average Bonchev–Trinajstić information content (AvgIpc) is 3.06. The number of fused-ring (bicyclic) bond motifs is 1. The number of benzene rings is 1. The van der Waals surface area contributed by atoms with Crippen LogP contribution in [0, 0.1) is 5.82 Å². The lowest BCUT2D eigenvalue weighted by molar-refractivity contribution is 0.0694. The van der Waals surface area contributed by atoms with Gasteiger partial charge in [0.25, 0.3) is 0 Å². The van der Waals surface area contributed by atoms with Crippen LogP contribution >= 0.6 is 0 Å². The van der Waals surface area contributed by atoms with Crippen LogP contribution in [0.1, 0.15) is 22.8 Å². The molecule has 1 fully saturated rings. The molecule has 6 heteroatoms. The lowest BCUT2D eigenvalue weighted by Crippen LogP contribution is -2.19. The molecule has 0 spiro atoms. The smallest absolute Gasteiger partial charge is 0.341 e. The number of alkyl halides is 1. The first-order valence-corrected chi connectivity index (χ1v) is 5.71. The molecule has 19 heavy (non-hydrogen) atoms. The highest BCUT2D eigenvalue weighted by molar-refractivity contribution is 5.92. The van der Waals surface area contributed by atoms with E-state index in [1.807, 2.05) is 0 Å². The molecule has 0 saturated heterocycles. The third-order valence-corrected chi connectivity index (χ3v) is 3.26. The number of pyridine rings is 1. The van der Waals surface area contributed by atoms with Crippen LogP contribution in [0.2, 0.25) is 0 Å². The average molecular weight is 265 g/mol. The lowest BCUT2D eigenvalue weighted by atomic mass is 10.1. The highest BCUT2D eigenvalue weighted by Gasteiger charge is 2.40. The van der Waals surface area contributed by atoms with E-state index >= 15 is 0 Å². The number of halogens is 2. The van der Waals surface area contributed by atoms with E-state index in [-0.39, 0.29) is 17.3 Å². The molecule has 1 aliphatic rings. The van der Waals surface area contributed by atoms with Gasteiger partial charge in [-0.2, -0.15) is 0 Å². The highest BCUT2D eigenvalue weighted by Crippen LogP contribution is 2.40. The molecule has 2 atom stereocenters. The van der Waals surface area contributed by atoms with Crippen molar-refractivity contribution in [2.24, 2.45) is 0 Å². The van der Waals surface area contributed by atoms with Crippen molar-refractivity contribution < 1.29 is 18.7 Å². The van der Waals surface area contributed by atoms with Gasteiger partial charge in [0, 0.05) is 18.0 Å². The second-order valence-corrected chi connectivity index (χ2v) is 4.56. The molecule has 0 amide bonds. The minimum absolute atomic E-state index is 0.0837. The van der Waals surface area contributed by atoms with Gasteiger partial charge in [0.15, 0.2) is 0 Å². The fourth-order valence-electron chi connectivity index (χ4n) is 2.19. The zero-order chi connectivity index (χ0) is 13.7. The molecule has 1 aromatic carbocycles. The molecule has 1 aromatic heterocycles. The fraction of sp³-hybridized carbons (Fsp3) is 0.231. The second-order valence-electron chi connectivity index (χ2n) is 4.56. The fourth-order valence-corrected chi connectivity index (χ4v) is 2.19. The minimum atomic E-state index is -1.37. The summed E-state index contributed by atoms with van der Waals surface area (Å²) < 4.78 is 27.8. The highest BCUT2D eigenvalue weighted by atomic mass is 19.1. The molecular formula is C13H9F2NO3. The quantitative estimate of drug-likeness (QED) is 0.904. The molecule has 1 aliphatic carbocycles. The number of nitrogens with zero attached hydrogens (tertiary/aromatic N) is 1. The summed E-state index contributed by atoms with van der Waals surface area (Å²) in [6.07, 6.45) is 0.250. The van der Waals surface area contributed by atoms with Gasteiger partial charge in [0.05, 0.1) is 11.6 Å². The number of carboxylic acids is 1. The summed E-state index contributed by atoms with van der Waals surface area (Å²) in [5, 5.41) is 9.07. The van der Waals surface area contributed by atoms with Gasteiger partial charge in [-0.3, -0.25) is 4.79 Å². The Morgan fingerprint density at radius 2 is 2.11 bits per heavy atom. The third kappa shape index (κ3) is 1.80. The third-order valence-electron chi connectivity index (χ3n) is 3.26. The van der Waals surface area contributed by atoms with E-state index in [2.05, 4.69) is 0 Å². The Balaban J connectivity index is 2.39. The predicted molar refractivity (Wildman–Crippen MR) is 63.7 cm³/mol. The summed E-state index contributed by atoms with van der Waals surface area (Å²) in [5.41, 5.74) is -0.895. The van der Waals surface area contributed by atoms with E-state index < -0.39 is 35.0 Å². The van der Waals surface area contributed by atoms with Crippen LogP contribution in [0.5, 0.6) is 0 Å². The molecule has 0 aliphatic heterocycles. The first kappa shape index (κ1) is 11.8. The van der Waals surface area contributed by atoms with Crippen molar-refractivity contribution in [3.8, 4) is 0 Å². The zero-order valence-corrected chi connectivity index (χ0v) is 9.64. The Labute approximate surface area is 105 Å². The van der Waals surface area contributed by atoms with Crippen LogP contribution in [0.4, 0.5) is 8.78 Å². The maximum atomic E-state index is 13.3. The van der Waals surface area contributed by atoms with E-state index in [1.54, 1.807) is 0 Å². The van der Waals surface area contributed by atoms with Gasteiger partial charge >= 0.3 is 5.97 Å². The van der Waals surface area contributed by atoms with Gasteiger partial charge < -0.3 is 9.67 Å². The maximum Gasteiger partial charge on any atom is 0.341 e. The lowest BCUT2D eigenvalue weighted by Gasteiger charge is -2.11. The molecule has 0 radical (unpaired) electrons. The Kier molecular flexibility index (Phi) is 2.41. The molecule has 1 heterocycles. The summed E-state index contributed by atoms with van der Waals surface area (Å²) in [6, 6.07) is 2.90. The summed E-state index contributed by atoms with van der Waals surface area (Å²) in [7, 11) is 0. The van der Waals surface area contributed by atoms with Crippen LogP contribution in [0.15, 0.2) is 29.2 Å². The van der Waals surface area contributed by atoms with Gasteiger partial charge in [-0.1, -0.05) is 0 Å². The summed E-state index contributed by atoms with van der Waals surface area (Å²) in [4.78, 5) is 23.0. The van der Waals surface area contributed by atoms with E-state index in [4.69, 9.17) is 5.11 Å². The summed E-state index contributed by atoms with van der Waals surface area (Å²) >= 11 is 0. The Morgan fingerprint density at radius 1 is 1.42 bits per heavy atom. The Morgan fingerprint density at radius 3 is 2.68 bits per heavy atom. The summed E-state index contributed by atoms with van der Waals surface area (Å²) in [5.74, 6) is -1.93. The van der Waals surface area contributed by atoms with Gasteiger partial charge in [-0.25, -0.2) is 13.6 Å². The van der Waals surface area contributed by atoms with E-state index in [1.165, 1.54) is 10.6 Å². The van der Waals surface area contributed by atoms with Gasteiger partial charge in [0.2, 0.25) is 5.43 Å². The number of aromatic nitrogens is 1. The van der Waals surface area contributed by atoms with Crippen molar-refractivity contribution in [2.75, 3.05) is 0 Å². The normalized spacial score (nSPS) is 21.6. The Bertz CT molecular complexity index is 753. The largest absolute Gasteiger partial charge is 0.477 e. The maximum absolute atomic E-state index is 13.3. The van der Waals surface area contributed by atoms with Crippen LogP contribution in [0.3, 0.4) is 0 Å². The van der Waals surface area contributed by atoms with E-state index in [0.717, 1.165) is 18.3 Å². The van der Waals surface area contributed by atoms with Crippen molar-refractivity contribution in [3.05, 3.63) is 46.0 Å². The van der Waals surface area contributed by atoms with Gasteiger partial charge in [0.1, 0.15) is 17.6 Å². The first-order valence-electron chi connectivity index (χ1n) is 5.71. The number of aromatic carboxylic acids is 1. The SMILES string of the molecule is O=C(O)c1cn([C@@H]2C[C@H]2F)c2cc(F)ccc2c1=O. The van der Waals surface area contributed by atoms with Crippen molar-refractivity contribution in [1.29, 1.82) is 0 Å². The number of carboxylic acid groups (broad SMARTS) is 1. The van der Waals surface area contributed by atoms with Crippen molar-refractivity contribution >= 4 is 16.9 Å². The molecule has 1 N–H and O–H groups in total. The Hall–Kier alpha value is -2.24. The molecule has 3 rings (SSSR count). The molecule has 98 valence electrons. The molecule has 0 bridgehead atoms. The van der Waals surface area contributed by atoms with Crippen LogP contribution in [0.25, 0.3) is 10.9 Å². The number of hydrogen-bond acceptors (Lipinski definition) is 2. The van der Waals surface area contributed by atoms with Crippen LogP contribution in [-0.4, -0.2) is 21.8 Å². The number of rotatable bonds is 2. The minimum Gasteiger partial charge on any atom is -0.477 e. The van der Waals surface area contributed by atoms with Crippen molar-refractivity contribution in [3.63, 3.8) is 0 Å². The van der Waals surface area contributed by atoms with Crippen molar-refractivity contribution in [2.45, 2.75) is 18.6 Å². The predicted octanol–water partition coefficient (Wildman–Crippen LogP) is 2.12. The van der Waals surface area contributed by atoms with Crippen LogP contribution < -0.4 is 5.43 Å². The van der Waals surface area contributed by atoms with Gasteiger partial charge in [-0.05, 0) is 18.2 Å². The first-order chi connectivity index (χ1) is 8.99. The second kappa shape index (κ2) is 3.88. The molecule has 2 aromatic rings. The molecule has 4 nitrogen and oxygen atoms in total. The van der Waals surface area contributed by atoms with Crippen molar-refractivity contribution in [1.82, 2.24) is 4.57 Å². The van der Waals surface area contributed by atoms with E-state index in [9.17, 15) is 18.4 Å². The molecule has 1 saturated carbocycles. The molecule has 0 unspecified atom stereocenters. The number of hydrogen-bond donors (Lipinski definition) is 1. The van der Waals surface area contributed by atoms with E-state index in [0.29, 0.717) is 0 Å². The summed E-state index contributed by atoms with van der Waals surface area (Å²) in [6.45, 7) is 0. The zero-order valence-electron chi connectivity index (χ0n) is 9.64. The monoisotopic (exact) mass is 265 g/mol. The molecular weight excluding hydrogens is 256 g/mol. The van der Waals surface area contributed by atoms with Crippen LogP contribution in [-0.2, 0) is 0 Å². The number of carbonyl (C=O) groups is 1. The topological polar surface area (TPSA) is 59.3 Å².